The number of nitrogens with zero attached hydrogens (tertiary/aromatic N) is 2. The number of piperidine rings is 1. The minimum atomic E-state index is -0.0569. The number of methoxy groups -OCH3 is 1. The van der Waals surface area contributed by atoms with Gasteiger partial charge in [-0.05, 0) is 37.8 Å². The Hall–Kier alpha value is -1.18. The van der Waals surface area contributed by atoms with Gasteiger partial charge in [0.05, 0.1) is 13.7 Å². The normalized spacial score (nSPS) is 17.3. The summed E-state index contributed by atoms with van der Waals surface area (Å²) < 4.78 is 11.2. The third-order valence-electron chi connectivity index (χ3n) is 4.02. The van der Waals surface area contributed by atoms with Gasteiger partial charge in [-0.25, -0.2) is 4.99 Å². The van der Waals surface area contributed by atoms with Crippen LogP contribution in [0.4, 0.5) is 0 Å². The van der Waals surface area contributed by atoms with Crippen molar-refractivity contribution in [3.8, 4) is 11.5 Å². The maximum absolute atomic E-state index is 6.09. The van der Waals surface area contributed by atoms with Crippen molar-refractivity contribution in [1.82, 2.24) is 4.90 Å². The molecule has 0 aliphatic carbocycles. The summed E-state index contributed by atoms with van der Waals surface area (Å²) in [5, 5.41) is 0. The molecule has 1 fully saturated rings. The first-order chi connectivity index (χ1) is 10.6. The average molecular weight is 433 g/mol. The van der Waals surface area contributed by atoms with Crippen LogP contribution in [0.3, 0.4) is 0 Å². The first-order valence-electron chi connectivity index (χ1n) is 7.94. The van der Waals surface area contributed by atoms with Gasteiger partial charge in [0.2, 0.25) is 0 Å². The van der Waals surface area contributed by atoms with Crippen molar-refractivity contribution in [1.29, 1.82) is 0 Å². The minimum Gasteiger partial charge on any atom is -0.493 e. The van der Waals surface area contributed by atoms with E-state index in [9.17, 15) is 0 Å². The molecule has 130 valence electrons. The predicted molar refractivity (Wildman–Crippen MR) is 105 cm³/mol. The van der Waals surface area contributed by atoms with E-state index in [0.29, 0.717) is 12.5 Å². The largest absolute Gasteiger partial charge is 0.493 e. The fraction of sp³-hybridized carbons (Fsp3) is 0.588. The summed E-state index contributed by atoms with van der Waals surface area (Å²) in [5.74, 6) is 2.88. The number of rotatable bonds is 5. The first-order valence-corrected chi connectivity index (χ1v) is 7.94. The molecule has 6 heteroatoms. The van der Waals surface area contributed by atoms with E-state index in [1.54, 1.807) is 7.11 Å². The van der Waals surface area contributed by atoms with Crippen LogP contribution in [0.2, 0.25) is 0 Å². The van der Waals surface area contributed by atoms with Gasteiger partial charge >= 0.3 is 0 Å². The van der Waals surface area contributed by atoms with Crippen molar-refractivity contribution >= 4 is 29.9 Å². The number of hydrogen-bond donors (Lipinski definition) is 1. The number of benzene rings is 1. The number of ether oxygens (including phenoxy) is 2. The number of guanidine groups is 1. The van der Waals surface area contributed by atoms with Crippen LogP contribution in [-0.4, -0.2) is 43.7 Å². The standard InChI is InChI=1S/C17H27N3O2.HI/c1-13-8-10-20(11-9-13)17(18)19-12-14(2)22-16-7-5-4-6-15(16)21-3;/h4-7,13-14H,8-12H2,1-3H3,(H2,18,19);1H. The maximum atomic E-state index is 6.09. The van der Waals surface area contributed by atoms with E-state index in [2.05, 4.69) is 16.8 Å². The van der Waals surface area contributed by atoms with E-state index in [-0.39, 0.29) is 30.1 Å². The Morgan fingerprint density at radius 2 is 1.91 bits per heavy atom. The number of halogens is 1. The van der Waals surface area contributed by atoms with Crippen LogP contribution in [0, 0.1) is 5.92 Å². The highest BCUT2D eigenvalue weighted by Crippen LogP contribution is 2.26. The average Bonchev–Trinajstić information content (AvgIpc) is 2.54. The second-order valence-corrected chi connectivity index (χ2v) is 5.95. The Kier molecular flexibility index (Phi) is 8.51. The molecule has 5 nitrogen and oxygen atoms in total. The van der Waals surface area contributed by atoms with Crippen LogP contribution < -0.4 is 15.2 Å². The summed E-state index contributed by atoms with van der Waals surface area (Å²) in [5.41, 5.74) is 6.09. The molecule has 0 saturated carbocycles. The lowest BCUT2D eigenvalue weighted by atomic mass is 10.00. The number of aliphatic imine (C=N–C) groups is 1. The molecule has 0 spiro atoms. The van der Waals surface area contributed by atoms with Crippen molar-refractivity contribution in [3.63, 3.8) is 0 Å². The molecule has 1 unspecified atom stereocenters. The smallest absolute Gasteiger partial charge is 0.191 e. The van der Waals surface area contributed by atoms with Gasteiger partial charge in [0.25, 0.3) is 0 Å². The maximum Gasteiger partial charge on any atom is 0.191 e. The molecule has 0 aromatic heterocycles. The van der Waals surface area contributed by atoms with Gasteiger partial charge < -0.3 is 20.1 Å². The Bertz CT molecular complexity index is 502. The summed E-state index contributed by atoms with van der Waals surface area (Å²) in [7, 11) is 1.64. The molecule has 1 aliphatic heterocycles. The Morgan fingerprint density at radius 3 is 2.52 bits per heavy atom. The summed E-state index contributed by atoms with van der Waals surface area (Å²) in [4.78, 5) is 6.64. The van der Waals surface area contributed by atoms with Crippen molar-refractivity contribution in [2.75, 3.05) is 26.7 Å². The number of nitrogens with two attached hydrogens (primary N) is 1. The number of hydrogen-bond acceptors (Lipinski definition) is 3. The lowest BCUT2D eigenvalue weighted by Gasteiger charge is -2.31. The quantitative estimate of drug-likeness (QED) is 0.441. The van der Waals surface area contributed by atoms with Crippen molar-refractivity contribution in [2.24, 2.45) is 16.6 Å². The van der Waals surface area contributed by atoms with Crippen LogP contribution in [0.1, 0.15) is 26.7 Å². The van der Waals surface area contributed by atoms with Gasteiger partial charge in [-0.15, -0.1) is 24.0 Å². The topological polar surface area (TPSA) is 60.1 Å². The lowest BCUT2D eigenvalue weighted by molar-refractivity contribution is 0.218. The van der Waals surface area contributed by atoms with Crippen LogP contribution in [0.25, 0.3) is 0 Å². The Labute approximate surface area is 156 Å². The number of para-hydroxylation sites is 2. The second kappa shape index (κ2) is 9.85. The molecule has 1 aromatic carbocycles. The summed E-state index contributed by atoms with van der Waals surface area (Å²) >= 11 is 0. The highest BCUT2D eigenvalue weighted by molar-refractivity contribution is 14.0. The highest BCUT2D eigenvalue weighted by atomic mass is 127. The fourth-order valence-corrected chi connectivity index (χ4v) is 2.53. The molecule has 1 aliphatic rings. The van der Waals surface area contributed by atoms with Gasteiger partial charge in [-0.3, -0.25) is 0 Å². The fourth-order valence-electron chi connectivity index (χ4n) is 2.53. The van der Waals surface area contributed by atoms with Gasteiger partial charge in [-0.2, -0.15) is 0 Å². The molecule has 1 heterocycles. The van der Waals surface area contributed by atoms with Crippen LogP contribution >= 0.6 is 24.0 Å². The summed E-state index contributed by atoms with van der Waals surface area (Å²) in [6.07, 6.45) is 2.31. The molecule has 2 N–H and O–H groups in total. The Balaban J connectivity index is 0.00000264. The monoisotopic (exact) mass is 433 g/mol. The zero-order chi connectivity index (χ0) is 15.9. The van der Waals surface area contributed by atoms with Gasteiger partial charge in [0, 0.05) is 13.1 Å². The molecule has 1 aromatic rings. The zero-order valence-corrected chi connectivity index (χ0v) is 16.5. The van der Waals surface area contributed by atoms with Gasteiger partial charge in [0.15, 0.2) is 17.5 Å². The lowest BCUT2D eigenvalue weighted by Crippen LogP contribution is -2.43. The van der Waals surface area contributed by atoms with E-state index in [4.69, 9.17) is 15.2 Å². The van der Waals surface area contributed by atoms with E-state index < -0.39 is 0 Å². The third-order valence-corrected chi connectivity index (χ3v) is 4.02. The van der Waals surface area contributed by atoms with Crippen molar-refractivity contribution < 1.29 is 9.47 Å². The minimum absolute atomic E-state index is 0. The van der Waals surface area contributed by atoms with Crippen molar-refractivity contribution in [2.45, 2.75) is 32.8 Å². The molecular weight excluding hydrogens is 405 g/mol. The second-order valence-electron chi connectivity index (χ2n) is 5.95. The van der Waals surface area contributed by atoms with E-state index >= 15 is 0 Å². The van der Waals surface area contributed by atoms with Crippen LogP contribution in [0.15, 0.2) is 29.3 Å². The van der Waals surface area contributed by atoms with Crippen molar-refractivity contribution in [3.05, 3.63) is 24.3 Å². The van der Waals surface area contributed by atoms with Gasteiger partial charge in [-0.1, -0.05) is 19.1 Å². The summed E-state index contributed by atoms with van der Waals surface area (Å²) in [6.45, 7) is 6.81. The van der Waals surface area contributed by atoms with E-state index in [1.165, 1.54) is 12.8 Å². The van der Waals surface area contributed by atoms with Crippen LogP contribution in [0.5, 0.6) is 11.5 Å². The molecule has 2 rings (SSSR count). The molecule has 0 amide bonds. The number of likely N-dealkylation sites (tertiary alicyclic amines) is 1. The highest BCUT2D eigenvalue weighted by Gasteiger charge is 2.17. The van der Waals surface area contributed by atoms with Gasteiger partial charge in [0.1, 0.15) is 6.10 Å². The Morgan fingerprint density at radius 1 is 1.30 bits per heavy atom. The molecular formula is C17H28IN3O2. The third kappa shape index (κ3) is 6.08. The SMILES string of the molecule is COc1ccccc1OC(C)CN=C(N)N1CCC(C)CC1.I. The molecule has 0 radical (unpaired) electrons. The molecule has 0 bridgehead atoms. The zero-order valence-electron chi connectivity index (χ0n) is 14.2. The molecule has 1 saturated heterocycles. The predicted octanol–water partition coefficient (Wildman–Crippen LogP) is 3.13. The summed E-state index contributed by atoms with van der Waals surface area (Å²) in [6, 6.07) is 7.63. The van der Waals surface area contributed by atoms with Crippen LogP contribution in [-0.2, 0) is 0 Å². The van der Waals surface area contributed by atoms with E-state index in [0.717, 1.165) is 30.5 Å². The van der Waals surface area contributed by atoms with E-state index in [1.807, 2.05) is 31.2 Å². The molecule has 23 heavy (non-hydrogen) atoms. The first kappa shape index (κ1) is 19.9. The molecule has 1 atom stereocenters.